The van der Waals surface area contributed by atoms with E-state index in [1.54, 1.807) is 12.1 Å². The summed E-state index contributed by atoms with van der Waals surface area (Å²) in [7, 11) is 0. The molecular weight excluding hydrogens is 873 g/mol. The van der Waals surface area contributed by atoms with Gasteiger partial charge < -0.3 is 40.5 Å². The number of benzene rings is 1. The monoisotopic (exact) mass is 922 g/mol. The minimum atomic E-state index is -1.61. The smallest absolute Gasteiger partial charge is 0.329 e. The molecule has 19 heteroatoms. The summed E-state index contributed by atoms with van der Waals surface area (Å²) in [5.41, 5.74) is 0.433. The van der Waals surface area contributed by atoms with E-state index >= 15 is 0 Å². The molecule has 5 N–H and O–H groups in total. The van der Waals surface area contributed by atoms with Crippen LogP contribution in [0.3, 0.4) is 0 Å². The predicted octanol–water partition coefficient (Wildman–Crippen LogP) is 1.40. The molecule has 9 atom stereocenters. The number of ether oxygens (including phenoxy) is 1. The largest absolute Gasteiger partial charge is 0.458 e. The van der Waals surface area contributed by atoms with Crippen LogP contribution in [0.1, 0.15) is 64.9 Å². The molecule has 1 unspecified atom stereocenters. The average Bonchev–Trinajstić information content (AvgIpc) is 3.83. The lowest BCUT2D eigenvalue weighted by Crippen LogP contribution is -2.63. The first-order valence-electron chi connectivity index (χ1n) is 19.6. The molecule has 5 amide bonds. The predicted molar refractivity (Wildman–Crippen MR) is 212 cm³/mol. The molecule has 0 aliphatic carbocycles. The third-order valence-corrected chi connectivity index (χ3v) is 11.7. The van der Waals surface area contributed by atoms with Crippen LogP contribution in [-0.4, -0.2) is 129 Å². The number of aliphatic hydroxyl groups is 1. The van der Waals surface area contributed by atoms with Gasteiger partial charge in [-0.2, -0.15) is 0 Å². The minimum absolute atomic E-state index is 0.0525. The lowest BCUT2D eigenvalue weighted by molar-refractivity contribution is -0.163. The fourth-order valence-corrected chi connectivity index (χ4v) is 8.58. The van der Waals surface area contributed by atoms with Gasteiger partial charge in [0.15, 0.2) is 6.35 Å². The van der Waals surface area contributed by atoms with Crippen LogP contribution in [-0.2, 0) is 39.9 Å². The Hall–Kier alpha value is -4.50. The maximum absolute atomic E-state index is 14.7. The van der Waals surface area contributed by atoms with E-state index in [9.17, 15) is 42.7 Å². The van der Waals surface area contributed by atoms with Gasteiger partial charge in [-0.3, -0.25) is 29.3 Å². The highest BCUT2D eigenvalue weighted by molar-refractivity contribution is 14.1. The number of carbonyl (C=O) groups is 6. The van der Waals surface area contributed by atoms with Crippen molar-refractivity contribution in [3.05, 3.63) is 57.4 Å². The normalized spacial score (nSPS) is 28.2. The summed E-state index contributed by atoms with van der Waals surface area (Å²) >= 11 is 2.01. The maximum atomic E-state index is 14.7. The van der Waals surface area contributed by atoms with Crippen molar-refractivity contribution in [2.45, 2.75) is 114 Å². The number of aliphatic hydroxyl groups excluding tert-OH is 1. The van der Waals surface area contributed by atoms with Gasteiger partial charge in [-0.15, -0.1) is 0 Å². The minimum Gasteiger partial charge on any atom is -0.458 e. The molecule has 4 aliphatic rings. The number of carbonyl (C=O) groups excluding carboxylic acids is 6. The number of fused-ring (bicyclic) bond motifs is 3. The molecule has 0 radical (unpaired) electrons. The molecule has 4 aliphatic heterocycles. The van der Waals surface area contributed by atoms with Gasteiger partial charge in [-0.25, -0.2) is 18.6 Å². The van der Waals surface area contributed by atoms with Crippen LogP contribution < -0.4 is 21.3 Å². The Bertz CT molecular complexity index is 1870. The Morgan fingerprint density at radius 1 is 0.931 bits per heavy atom. The van der Waals surface area contributed by atoms with Crippen LogP contribution in [0.25, 0.3) is 0 Å². The Kier molecular flexibility index (Phi) is 13.8. The van der Waals surface area contributed by atoms with Gasteiger partial charge in [0.25, 0.3) is 0 Å². The molecule has 58 heavy (non-hydrogen) atoms. The van der Waals surface area contributed by atoms with Gasteiger partial charge in [-0.05, 0) is 117 Å². The van der Waals surface area contributed by atoms with Crippen molar-refractivity contribution in [2.24, 2.45) is 5.92 Å². The standard InChI is InChI=1S/C39H49F2IN8O8/c1-20-13-30-38(56)58-22(3)32(47-33(51)27(16-23-14-24(40)17-25(41)15-23)46-39(57)45-26-9-10-31(42)43-18-26)37(55)49-12-6-8-29(49)36(54)48-11-5-4-7-28(48)34(52)44-21(2)35(53)50(30)19-20/h9-10,14-15,17-18,20-22,27-30,32,39,45-46,57H,4-8,11-13,16,19H2,1-3H3,(H,44,52)(H,47,51)/t20-,21+,22+,27+,28+,29+,30+,32+,39?/m1/s1. The number of hydrogen-bond acceptors (Lipinski definition) is 11. The van der Waals surface area contributed by atoms with E-state index in [0.29, 0.717) is 41.1 Å². The van der Waals surface area contributed by atoms with E-state index < -0.39 is 95.8 Å². The molecule has 4 saturated heterocycles. The quantitative estimate of drug-likeness (QED) is 0.111. The van der Waals surface area contributed by atoms with E-state index in [-0.39, 0.29) is 50.4 Å². The van der Waals surface area contributed by atoms with Crippen LogP contribution >= 0.6 is 22.6 Å². The van der Waals surface area contributed by atoms with Gasteiger partial charge in [0.1, 0.15) is 51.6 Å². The molecule has 1 aromatic heterocycles. The van der Waals surface area contributed by atoms with Crippen molar-refractivity contribution >= 4 is 63.8 Å². The number of hydrogen-bond donors (Lipinski definition) is 5. The number of aromatic nitrogens is 1. The number of pyridine rings is 1. The summed E-state index contributed by atoms with van der Waals surface area (Å²) in [6, 6.07) is -0.945. The van der Waals surface area contributed by atoms with Crippen LogP contribution in [0.4, 0.5) is 14.5 Å². The van der Waals surface area contributed by atoms with Gasteiger partial charge in [0.2, 0.25) is 29.5 Å². The second kappa shape index (κ2) is 18.6. The molecule has 2 aromatic rings. The fourth-order valence-electron chi connectivity index (χ4n) is 8.26. The zero-order valence-corrected chi connectivity index (χ0v) is 34.6. The third kappa shape index (κ3) is 10.0. The summed E-state index contributed by atoms with van der Waals surface area (Å²) in [4.78, 5) is 93.0. The van der Waals surface area contributed by atoms with Crippen molar-refractivity contribution in [3.63, 3.8) is 0 Å². The summed E-state index contributed by atoms with van der Waals surface area (Å²) in [6.07, 6.45) is 0.740. The first kappa shape index (κ1) is 43.1. The van der Waals surface area contributed by atoms with Gasteiger partial charge >= 0.3 is 5.97 Å². The molecule has 16 nitrogen and oxygen atoms in total. The van der Waals surface area contributed by atoms with Crippen molar-refractivity contribution in [3.8, 4) is 0 Å². The highest BCUT2D eigenvalue weighted by Crippen LogP contribution is 2.29. The number of nitrogens with zero attached hydrogens (tertiary/aromatic N) is 4. The lowest BCUT2D eigenvalue weighted by Gasteiger charge is -2.39. The van der Waals surface area contributed by atoms with E-state index in [4.69, 9.17) is 4.74 Å². The SMILES string of the molecule is C[C@@H]1C[C@H]2C(=O)O[C@@H](C)[C@H](NC(=O)[C@H](Cc3cc(F)cc(F)c3)NC(O)Nc3ccc(I)nc3)C(=O)N3CCC[C@H]3C(=O)N3CCCC[C@H]3C(=O)N[C@@H](C)C(=O)N2C1. The highest BCUT2D eigenvalue weighted by Gasteiger charge is 2.47. The summed E-state index contributed by atoms with van der Waals surface area (Å²) in [6.45, 7) is 5.41. The molecule has 4 fully saturated rings. The Morgan fingerprint density at radius 2 is 1.62 bits per heavy atom. The molecule has 6 rings (SSSR count). The molecule has 5 heterocycles. The van der Waals surface area contributed by atoms with E-state index in [2.05, 4.69) is 26.3 Å². The summed E-state index contributed by atoms with van der Waals surface area (Å²) in [5.74, 6) is -5.84. The molecule has 1 aromatic carbocycles. The average molecular weight is 923 g/mol. The second-order valence-corrected chi connectivity index (χ2v) is 16.7. The molecule has 0 spiro atoms. The zero-order chi connectivity index (χ0) is 41.8. The number of esters is 1. The Morgan fingerprint density at radius 3 is 2.33 bits per heavy atom. The van der Waals surface area contributed by atoms with Crippen molar-refractivity contribution in [1.29, 1.82) is 0 Å². The third-order valence-electron chi connectivity index (χ3n) is 11.1. The zero-order valence-electron chi connectivity index (χ0n) is 32.5. The van der Waals surface area contributed by atoms with Gasteiger partial charge in [0, 0.05) is 25.7 Å². The topological polar surface area (TPSA) is 203 Å². The van der Waals surface area contributed by atoms with Crippen LogP contribution in [0, 0.1) is 21.3 Å². The van der Waals surface area contributed by atoms with Gasteiger partial charge in [0.05, 0.1) is 17.9 Å². The number of amides is 5. The van der Waals surface area contributed by atoms with E-state index in [1.165, 1.54) is 34.7 Å². The van der Waals surface area contributed by atoms with Crippen LogP contribution in [0.2, 0.25) is 0 Å². The second-order valence-electron chi connectivity index (χ2n) is 15.6. The number of halogens is 3. The highest BCUT2D eigenvalue weighted by atomic mass is 127. The molecular formula is C39H49F2IN8O8. The fraction of sp³-hybridized carbons (Fsp3) is 0.564. The van der Waals surface area contributed by atoms with Crippen LogP contribution in [0.5, 0.6) is 0 Å². The number of piperidine rings is 1. The maximum Gasteiger partial charge on any atom is 0.329 e. The summed E-state index contributed by atoms with van der Waals surface area (Å²) in [5, 5.41) is 21.9. The Balaban J connectivity index is 1.34. The van der Waals surface area contributed by atoms with Crippen molar-refractivity contribution < 1.29 is 47.4 Å². The number of rotatable bonds is 8. The number of cyclic esters (lactones) is 1. The summed E-state index contributed by atoms with van der Waals surface area (Å²) < 4.78 is 35.2. The van der Waals surface area contributed by atoms with Crippen molar-refractivity contribution in [2.75, 3.05) is 25.0 Å². The van der Waals surface area contributed by atoms with E-state index in [0.717, 1.165) is 12.1 Å². The Labute approximate surface area is 348 Å². The first-order valence-corrected chi connectivity index (χ1v) is 20.7. The number of anilines is 1. The van der Waals surface area contributed by atoms with Gasteiger partial charge in [-0.1, -0.05) is 6.92 Å². The van der Waals surface area contributed by atoms with Crippen LogP contribution in [0.15, 0.2) is 36.5 Å². The van der Waals surface area contributed by atoms with E-state index in [1.807, 2.05) is 29.5 Å². The molecule has 0 saturated carbocycles. The molecule has 0 bridgehead atoms. The lowest BCUT2D eigenvalue weighted by atomic mass is 9.99. The van der Waals surface area contributed by atoms with Crippen molar-refractivity contribution in [1.82, 2.24) is 35.6 Å². The number of nitrogens with one attached hydrogen (secondary N) is 4. The molecule has 314 valence electrons. The first-order chi connectivity index (χ1) is 27.6.